The van der Waals surface area contributed by atoms with Crippen LogP contribution in [0.2, 0.25) is 0 Å². The Morgan fingerprint density at radius 1 is 0.678 bits per heavy atom. The van der Waals surface area contributed by atoms with Crippen molar-refractivity contribution in [3.8, 4) is 0 Å². The number of nitrogens with one attached hydrogen (secondary N) is 12. The number of thioether (sulfide) groups is 1. The molecule has 1 aromatic carbocycles. The Hall–Kier alpha value is -6.94. The number of likely N-dealkylation sites (tertiary alicyclic amines) is 1. The lowest BCUT2D eigenvalue weighted by atomic mass is 9.98. The van der Waals surface area contributed by atoms with Crippen molar-refractivity contribution >= 4 is 110 Å². The van der Waals surface area contributed by atoms with Gasteiger partial charge in [-0.2, -0.15) is 11.8 Å². The van der Waals surface area contributed by atoms with Crippen LogP contribution < -0.4 is 70.0 Å². The van der Waals surface area contributed by atoms with Crippen molar-refractivity contribution in [2.45, 2.75) is 166 Å². The molecule has 87 heavy (non-hydrogen) atoms. The predicted octanol–water partition coefficient (Wildman–Crippen LogP) is -3.99. The molecule has 13 atom stereocenters. The second-order valence-corrected chi connectivity index (χ2v) is 24.5. The van der Waals surface area contributed by atoms with Crippen molar-refractivity contribution in [1.82, 2.24) is 63.4 Å². The first-order valence-corrected chi connectivity index (χ1v) is 32.4. The van der Waals surface area contributed by atoms with Gasteiger partial charge in [0.25, 0.3) is 0 Å². The number of carbonyl (C=O) groups is 12. The SMILES string of the molecule is CCSSCC(NC(=O)C(NC(=O)CNC(=O)C(CCSC)NC(=O)C(CCCNC(=N)N)NC(=O)C(Cc1ccccc1)NC(=O)C1CCCN1C(=O)C(C)N)C(C)CC)C(=O)NC(C(=O)NC(C(=O)NC(CC(=O)NC)C(=O)O)C(C)O)C(C)O. The van der Waals surface area contributed by atoms with E-state index in [2.05, 4.69) is 58.5 Å². The first kappa shape index (κ1) is 76.2. The molecule has 0 spiro atoms. The molecule has 1 aromatic rings. The smallest absolute Gasteiger partial charge is 0.326 e. The van der Waals surface area contributed by atoms with E-state index in [4.69, 9.17) is 16.9 Å². The predicted molar refractivity (Wildman–Crippen MR) is 329 cm³/mol. The Morgan fingerprint density at radius 3 is 1.78 bits per heavy atom. The molecular weight excluding hydrogens is 1190 g/mol. The number of carbonyl (C=O) groups excluding carboxylic acids is 11. The molecule has 1 aliphatic rings. The summed E-state index contributed by atoms with van der Waals surface area (Å²) in [4.78, 5) is 163. The highest BCUT2D eigenvalue weighted by atomic mass is 33.1. The van der Waals surface area contributed by atoms with Crippen molar-refractivity contribution in [2.75, 3.05) is 50.2 Å². The number of nitrogens with two attached hydrogens (primary N) is 2. The van der Waals surface area contributed by atoms with Crippen LogP contribution in [0.5, 0.6) is 0 Å². The Bertz CT molecular complexity index is 2500. The van der Waals surface area contributed by atoms with E-state index < -0.39 is 162 Å². The highest BCUT2D eigenvalue weighted by Gasteiger charge is 2.40. The summed E-state index contributed by atoms with van der Waals surface area (Å²) in [5.41, 5.74) is 12.0. The number of guanidine groups is 1. The normalized spacial score (nSPS) is 17.0. The lowest BCUT2D eigenvalue weighted by Crippen LogP contribution is -2.63. The average Bonchev–Trinajstić information content (AvgIpc) is 2.92. The summed E-state index contributed by atoms with van der Waals surface area (Å²) in [5.74, 6) is -10.9. The summed E-state index contributed by atoms with van der Waals surface area (Å²) in [5, 5.41) is 65.7. The van der Waals surface area contributed by atoms with E-state index in [1.165, 1.54) is 52.2 Å². The van der Waals surface area contributed by atoms with E-state index in [1.807, 2.05) is 6.92 Å². The van der Waals surface area contributed by atoms with Gasteiger partial charge < -0.3 is 90.2 Å². The van der Waals surface area contributed by atoms with Gasteiger partial charge in [-0.3, -0.25) is 58.1 Å². The number of hydrogen-bond donors (Lipinski definition) is 17. The van der Waals surface area contributed by atoms with Crippen LogP contribution in [0.1, 0.15) is 92.1 Å². The highest BCUT2D eigenvalue weighted by molar-refractivity contribution is 8.76. The summed E-state index contributed by atoms with van der Waals surface area (Å²) in [7, 11) is 3.75. The molecule has 1 heterocycles. The Balaban J connectivity index is 2.34. The minimum absolute atomic E-state index is 0.00704. The minimum Gasteiger partial charge on any atom is -0.480 e. The number of hydrogen-bond acceptors (Lipinski definition) is 19. The number of aliphatic hydroxyl groups excluding tert-OH is 2. The molecule has 33 heteroatoms. The van der Waals surface area contributed by atoms with E-state index in [1.54, 1.807) is 50.4 Å². The maximum Gasteiger partial charge on any atom is 0.326 e. The Labute approximate surface area is 518 Å². The zero-order valence-electron chi connectivity index (χ0n) is 50.4. The van der Waals surface area contributed by atoms with Crippen molar-refractivity contribution in [1.29, 1.82) is 5.41 Å². The van der Waals surface area contributed by atoms with Gasteiger partial charge >= 0.3 is 5.97 Å². The second kappa shape index (κ2) is 39.8. The molecular formula is C54H89N15O15S3. The average molecular weight is 1280 g/mol. The van der Waals surface area contributed by atoms with E-state index in [9.17, 15) is 72.9 Å². The van der Waals surface area contributed by atoms with Crippen molar-refractivity contribution in [3.05, 3.63) is 35.9 Å². The molecule has 2 rings (SSSR count). The molecule has 1 fully saturated rings. The van der Waals surface area contributed by atoms with Crippen LogP contribution in [0.4, 0.5) is 0 Å². The second-order valence-electron chi connectivity index (χ2n) is 20.7. The molecule has 19 N–H and O–H groups in total. The number of aliphatic hydroxyl groups is 2. The van der Waals surface area contributed by atoms with E-state index in [-0.39, 0.29) is 43.9 Å². The van der Waals surface area contributed by atoms with Gasteiger partial charge in [0, 0.05) is 38.1 Å². The van der Waals surface area contributed by atoms with Gasteiger partial charge in [-0.1, -0.05) is 79.1 Å². The fourth-order valence-corrected chi connectivity index (χ4v) is 11.0. The minimum atomic E-state index is -1.84. The molecule has 11 amide bonds. The fraction of sp³-hybridized carbons (Fsp3) is 0.648. The largest absolute Gasteiger partial charge is 0.480 e. The lowest BCUT2D eigenvalue weighted by Gasteiger charge is -2.29. The molecule has 0 aromatic heterocycles. The topological polar surface area (TPSA) is 477 Å². The maximum atomic E-state index is 14.3. The van der Waals surface area contributed by atoms with Gasteiger partial charge in [-0.25, -0.2) is 4.79 Å². The quantitative estimate of drug-likeness (QED) is 0.0129. The summed E-state index contributed by atoms with van der Waals surface area (Å²) < 4.78 is 0. The summed E-state index contributed by atoms with van der Waals surface area (Å²) in [6.45, 7) is 8.68. The van der Waals surface area contributed by atoms with Gasteiger partial charge in [0.1, 0.15) is 54.4 Å². The lowest BCUT2D eigenvalue weighted by molar-refractivity contribution is -0.144. The van der Waals surface area contributed by atoms with E-state index >= 15 is 0 Å². The van der Waals surface area contributed by atoms with Gasteiger partial charge in [-0.15, -0.1) is 0 Å². The molecule has 0 aliphatic carbocycles. The Morgan fingerprint density at radius 2 is 1.23 bits per heavy atom. The van der Waals surface area contributed by atoms with Crippen molar-refractivity contribution in [3.63, 3.8) is 0 Å². The number of amides is 11. The maximum absolute atomic E-state index is 14.3. The van der Waals surface area contributed by atoms with Crippen LogP contribution in [0.3, 0.4) is 0 Å². The number of carboxylic acids is 1. The summed E-state index contributed by atoms with van der Waals surface area (Å²) in [6.07, 6.45) is -0.855. The molecule has 30 nitrogen and oxygen atoms in total. The number of rotatable bonds is 39. The number of nitrogens with zero attached hydrogens (tertiary/aromatic N) is 1. The van der Waals surface area contributed by atoms with E-state index in [0.717, 1.165) is 13.8 Å². The van der Waals surface area contributed by atoms with Crippen molar-refractivity contribution < 1.29 is 72.9 Å². The van der Waals surface area contributed by atoms with Crippen LogP contribution in [-0.2, 0) is 64.0 Å². The zero-order chi connectivity index (χ0) is 65.5. The van der Waals surface area contributed by atoms with Crippen LogP contribution in [0.15, 0.2) is 30.3 Å². The third-order valence-corrected chi connectivity index (χ3v) is 16.8. The third kappa shape index (κ3) is 26.9. The summed E-state index contributed by atoms with van der Waals surface area (Å²) in [6, 6.07) is -5.00. The molecule has 0 saturated carbocycles. The Kier molecular flexibility index (Phi) is 34.8. The van der Waals surface area contributed by atoms with Crippen LogP contribution in [0, 0.1) is 11.3 Å². The first-order chi connectivity index (χ1) is 41.1. The molecule has 488 valence electrons. The van der Waals surface area contributed by atoms with Gasteiger partial charge in [0.2, 0.25) is 65.0 Å². The molecule has 1 saturated heterocycles. The molecule has 13 unspecified atom stereocenters. The standard InChI is InChI=1S/C54H89N15O15S3/c1-9-28(3)41(49(79)65-37(27-87-86-10-2)47(77)67-43(31(6)71)51(81)68-42(30(5)70)50(80)64-36(53(83)84)25-39(72)58-7)66-40(73)26-60-44(74)34(20-23-85-8)62-45(75)33(18-14-21-59-54(56)57)61-46(76)35(24-32-16-12-11-13-17-32)63-48(78)38-19-15-22-69(38)52(82)29(4)55/h11-13,16-17,28-31,33-38,41-43,70-71H,9-10,14-15,18-27,55H2,1-8H3,(H,58,72)(H,60,74)(H,61,76)(H,62,75)(H,63,78)(H,64,80)(H,65,79)(H,66,73)(H,67,77)(H,68,81)(H,83,84)(H4,56,57,59). The first-order valence-electron chi connectivity index (χ1n) is 28.5. The number of carboxylic acid groups (broad SMARTS) is 1. The van der Waals surface area contributed by atoms with Crippen LogP contribution >= 0.6 is 33.3 Å². The highest BCUT2D eigenvalue weighted by Crippen LogP contribution is 2.22. The van der Waals surface area contributed by atoms with E-state index in [0.29, 0.717) is 42.9 Å². The van der Waals surface area contributed by atoms with Gasteiger partial charge in [0.15, 0.2) is 5.96 Å². The van der Waals surface area contributed by atoms with Gasteiger partial charge in [0.05, 0.1) is 31.2 Å². The molecule has 0 radical (unpaired) electrons. The van der Waals surface area contributed by atoms with Crippen LogP contribution in [0.25, 0.3) is 0 Å². The summed E-state index contributed by atoms with van der Waals surface area (Å²) >= 11 is 1.36. The number of aliphatic carboxylic acids is 1. The zero-order valence-corrected chi connectivity index (χ0v) is 52.8. The van der Waals surface area contributed by atoms with Crippen molar-refractivity contribution in [2.24, 2.45) is 17.4 Å². The fourth-order valence-electron chi connectivity index (χ4n) is 8.66. The monoisotopic (exact) mass is 1280 g/mol. The molecule has 1 aliphatic heterocycles. The molecule has 0 bridgehead atoms. The van der Waals surface area contributed by atoms with Gasteiger partial charge in [-0.05, 0) is 76.4 Å². The number of benzene rings is 1. The third-order valence-electron chi connectivity index (χ3n) is 13.7. The van der Waals surface area contributed by atoms with Crippen LogP contribution in [-0.4, -0.2) is 220 Å².